The van der Waals surface area contributed by atoms with Crippen LogP contribution < -0.4 is 5.32 Å². The SMILES string of the molecule is Cc1c(C(=O)NC2CCCCCC2)nnn1-c1cccc([N+](=O)[O-])c1. The Kier molecular flexibility index (Phi) is 5.06. The van der Waals surface area contributed by atoms with Crippen LogP contribution in [-0.4, -0.2) is 31.9 Å². The summed E-state index contributed by atoms with van der Waals surface area (Å²) >= 11 is 0. The van der Waals surface area contributed by atoms with Crippen molar-refractivity contribution in [1.82, 2.24) is 20.3 Å². The fourth-order valence-corrected chi connectivity index (χ4v) is 3.20. The minimum absolute atomic E-state index is 0.0307. The largest absolute Gasteiger partial charge is 0.348 e. The molecular weight excluding hydrogens is 322 g/mol. The van der Waals surface area contributed by atoms with Crippen LogP contribution in [0.3, 0.4) is 0 Å². The third-order valence-electron chi connectivity index (χ3n) is 4.59. The summed E-state index contributed by atoms with van der Waals surface area (Å²) < 4.78 is 1.45. The number of benzene rings is 1. The van der Waals surface area contributed by atoms with Crippen molar-refractivity contribution < 1.29 is 9.72 Å². The molecule has 1 aromatic heterocycles. The van der Waals surface area contributed by atoms with Gasteiger partial charge in [-0.1, -0.05) is 37.0 Å². The zero-order chi connectivity index (χ0) is 17.8. The summed E-state index contributed by atoms with van der Waals surface area (Å²) in [6, 6.07) is 6.28. The lowest BCUT2D eigenvalue weighted by Gasteiger charge is -2.15. The second-order valence-corrected chi connectivity index (χ2v) is 6.37. The number of hydrogen-bond acceptors (Lipinski definition) is 5. The van der Waals surface area contributed by atoms with Crippen LogP contribution >= 0.6 is 0 Å². The first kappa shape index (κ1) is 17.1. The molecule has 1 saturated carbocycles. The predicted octanol–water partition coefficient (Wildman–Crippen LogP) is 2.94. The van der Waals surface area contributed by atoms with E-state index < -0.39 is 4.92 Å². The van der Waals surface area contributed by atoms with Crippen molar-refractivity contribution in [3.05, 3.63) is 45.8 Å². The Morgan fingerprint density at radius 2 is 2.00 bits per heavy atom. The average molecular weight is 343 g/mol. The Bertz CT molecular complexity index is 778. The van der Waals surface area contributed by atoms with Crippen LogP contribution in [0, 0.1) is 17.0 Å². The van der Waals surface area contributed by atoms with Crippen LogP contribution in [-0.2, 0) is 0 Å². The average Bonchev–Trinajstić information content (AvgIpc) is 2.80. The minimum atomic E-state index is -0.463. The zero-order valence-electron chi connectivity index (χ0n) is 14.1. The van der Waals surface area contributed by atoms with E-state index in [9.17, 15) is 14.9 Å². The maximum Gasteiger partial charge on any atom is 0.273 e. The third kappa shape index (κ3) is 3.84. The van der Waals surface area contributed by atoms with E-state index in [4.69, 9.17) is 0 Å². The monoisotopic (exact) mass is 343 g/mol. The first-order valence-corrected chi connectivity index (χ1v) is 8.54. The number of nitrogens with one attached hydrogen (secondary N) is 1. The summed E-state index contributed by atoms with van der Waals surface area (Å²) in [6.45, 7) is 1.74. The van der Waals surface area contributed by atoms with Gasteiger partial charge in [0.05, 0.1) is 16.3 Å². The molecule has 0 bridgehead atoms. The first-order chi connectivity index (χ1) is 12.1. The van der Waals surface area contributed by atoms with Crippen molar-refractivity contribution >= 4 is 11.6 Å². The highest BCUT2D eigenvalue weighted by Gasteiger charge is 2.21. The van der Waals surface area contributed by atoms with E-state index in [1.54, 1.807) is 19.1 Å². The van der Waals surface area contributed by atoms with Crippen LogP contribution in [0.25, 0.3) is 5.69 Å². The Morgan fingerprint density at radius 1 is 1.28 bits per heavy atom. The summed E-state index contributed by atoms with van der Waals surface area (Å²) in [7, 11) is 0. The highest BCUT2D eigenvalue weighted by Crippen LogP contribution is 2.20. The molecule has 25 heavy (non-hydrogen) atoms. The molecule has 3 rings (SSSR count). The van der Waals surface area contributed by atoms with Gasteiger partial charge in [0.1, 0.15) is 0 Å². The fraction of sp³-hybridized carbons (Fsp3) is 0.471. The Hall–Kier alpha value is -2.77. The van der Waals surface area contributed by atoms with E-state index in [1.165, 1.54) is 29.7 Å². The number of carbonyl (C=O) groups is 1. The molecule has 1 aromatic carbocycles. The van der Waals surface area contributed by atoms with Gasteiger partial charge in [0.2, 0.25) is 0 Å². The van der Waals surface area contributed by atoms with E-state index in [0.29, 0.717) is 11.4 Å². The maximum atomic E-state index is 12.5. The highest BCUT2D eigenvalue weighted by atomic mass is 16.6. The van der Waals surface area contributed by atoms with Crippen molar-refractivity contribution in [3.63, 3.8) is 0 Å². The number of nitro groups is 1. The number of nitrogens with zero attached hydrogens (tertiary/aromatic N) is 4. The summed E-state index contributed by atoms with van der Waals surface area (Å²) in [4.78, 5) is 23.0. The highest BCUT2D eigenvalue weighted by molar-refractivity contribution is 5.93. The molecule has 0 spiro atoms. The molecule has 1 aliphatic rings. The number of carbonyl (C=O) groups excluding carboxylic acids is 1. The van der Waals surface area contributed by atoms with Gasteiger partial charge in [-0.05, 0) is 25.8 Å². The van der Waals surface area contributed by atoms with E-state index in [0.717, 1.165) is 25.7 Å². The number of nitro benzene ring substituents is 1. The molecule has 0 saturated heterocycles. The van der Waals surface area contributed by atoms with Gasteiger partial charge in [-0.25, -0.2) is 4.68 Å². The molecular formula is C17H21N5O3. The topological polar surface area (TPSA) is 103 Å². The van der Waals surface area contributed by atoms with Crippen molar-refractivity contribution in [3.8, 4) is 5.69 Å². The van der Waals surface area contributed by atoms with Gasteiger partial charge in [-0.3, -0.25) is 14.9 Å². The molecule has 8 heteroatoms. The Morgan fingerprint density at radius 3 is 2.68 bits per heavy atom. The molecule has 2 aromatic rings. The Labute approximate surface area is 145 Å². The van der Waals surface area contributed by atoms with Gasteiger partial charge >= 0.3 is 0 Å². The first-order valence-electron chi connectivity index (χ1n) is 8.54. The quantitative estimate of drug-likeness (QED) is 0.522. The van der Waals surface area contributed by atoms with E-state index in [2.05, 4.69) is 15.6 Å². The van der Waals surface area contributed by atoms with Gasteiger partial charge in [0.15, 0.2) is 5.69 Å². The number of amides is 1. The molecule has 1 N–H and O–H groups in total. The van der Waals surface area contributed by atoms with Gasteiger partial charge < -0.3 is 5.32 Å². The van der Waals surface area contributed by atoms with Crippen LogP contribution in [0.5, 0.6) is 0 Å². The molecule has 0 radical (unpaired) electrons. The second-order valence-electron chi connectivity index (χ2n) is 6.37. The number of rotatable bonds is 4. The maximum absolute atomic E-state index is 12.5. The van der Waals surface area contributed by atoms with Gasteiger partial charge in [0, 0.05) is 18.2 Å². The summed E-state index contributed by atoms with van der Waals surface area (Å²) in [5.41, 5.74) is 1.30. The molecule has 0 atom stereocenters. The normalized spacial score (nSPS) is 15.6. The summed E-state index contributed by atoms with van der Waals surface area (Å²) in [6.07, 6.45) is 6.67. The molecule has 1 heterocycles. The van der Waals surface area contributed by atoms with E-state index >= 15 is 0 Å². The van der Waals surface area contributed by atoms with Gasteiger partial charge in [0.25, 0.3) is 11.6 Å². The molecule has 8 nitrogen and oxygen atoms in total. The number of hydrogen-bond donors (Lipinski definition) is 1. The van der Waals surface area contributed by atoms with E-state index in [-0.39, 0.29) is 23.3 Å². The molecule has 1 amide bonds. The fourth-order valence-electron chi connectivity index (χ4n) is 3.20. The van der Waals surface area contributed by atoms with Crippen molar-refractivity contribution in [2.45, 2.75) is 51.5 Å². The summed E-state index contributed by atoms with van der Waals surface area (Å²) in [5.74, 6) is -0.235. The lowest BCUT2D eigenvalue weighted by Crippen LogP contribution is -2.35. The standard InChI is InChI=1S/C17H21N5O3/c1-12-16(17(23)18-13-7-4-2-3-5-8-13)19-20-21(12)14-9-6-10-15(11-14)22(24)25/h6,9-11,13H,2-5,7-8H2,1H3,(H,18,23). The predicted molar refractivity (Wildman–Crippen MR) is 91.7 cm³/mol. The van der Waals surface area contributed by atoms with Crippen LogP contribution in [0.4, 0.5) is 5.69 Å². The molecule has 1 fully saturated rings. The second kappa shape index (κ2) is 7.42. The van der Waals surface area contributed by atoms with Crippen molar-refractivity contribution in [1.29, 1.82) is 0 Å². The smallest absolute Gasteiger partial charge is 0.273 e. The van der Waals surface area contributed by atoms with E-state index in [1.807, 2.05) is 0 Å². The molecule has 1 aliphatic carbocycles. The Balaban J connectivity index is 1.79. The lowest BCUT2D eigenvalue weighted by atomic mass is 10.1. The lowest BCUT2D eigenvalue weighted by molar-refractivity contribution is -0.384. The molecule has 132 valence electrons. The van der Waals surface area contributed by atoms with Crippen LogP contribution in [0.1, 0.15) is 54.7 Å². The molecule has 0 unspecified atom stereocenters. The zero-order valence-corrected chi connectivity index (χ0v) is 14.1. The summed E-state index contributed by atoms with van der Waals surface area (Å²) in [5, 5.41) is 22.0. The third-order valence-corrected chi connectivity index (χ3v) is 4.59. The van der Waals surface area contributed by atoms with Crippen LogP contribution in [0.15, 0.2) is 24.3 Å². The van der Waals surface area contributed by atoms with Gasteiger partial charge in [-0.15, -0.1) is 5.10 Å². The van der Waals surface area contributed by atoms with Gasteiger partial charge in [-0.2, -0.15) is 0 Å². The van der Waals surface area contributed by atoms with Crippen molar-refractivity contribution in [2.24, 2.45) is 0 Å². The number of non-ortho nitro benzene ring substituents is 1. The molecule has 0 aliphatic heterocycles. The minimum Gasteiger partial charge on any atom is -0.348 e. The van der Waals surface area contributed by atoms with Crippen LogP contribution in [0.2, 0.25) is 0 Å². The number of aromatic nitrogens is 3. The van der Waals surface area contributed by atoms with Crippen molar-refractivity contribution in [2.75, 3.05) is 0 Å².